The normalized spacial score (nSPS) is 12.4. The van der Waals surface area contributed by atoms with E-state index in [9.17, 15) is 0 Å². The Morgan fingerprint density at radius 3 is 2.88 bits per heavy atom. The molecule has 0 aliphatic heterocycles. The number of fused-ring (bicyclic) bond motifs is 1. The lowest BCUT2D eigenvalue weighted by atomic mass is 10.1. The molecule has 0 spiro atoms. The Bertz CT molecular complexity index is 438. The third-order valence-corrected chi connectivity index (χ3v) is 3.51. The van der Waals surface area contributed by atoms with Gasteiger partial charge in [-0.15, -0.1) is 23.7 Å². The maximum absolute atomic E-state index is 3.44. The average molecular weight is 256 g/mol. The molecule has 1 atom stereocenters. The summed E-state index contributed by atoms with van der Waals surface area (Å²) in [6.07, 6.45) is 1.11. The first-order chi connectivity index (χ1) is 7.29. The molecule has 2 aromatic rings. The van der Waals surface area contributed by atoms with Crippen molar-refractivity contribution in [2.45, 2.75) is 26.3 Å². The Labute approximate surface area is 107 Å². The predicted molar refractivity (Wildman–Crippen MR) is 75.9 cm³/mol. The van der Waals surface area contributed by atoms with Gasteiger partial charge in [0.25, 0.3) is 0 Å². The quantitative estimate of drug-likeness (QED) is 0.875. The van der Waals surface area contributed by atoms with Gasteiger partial charge in [-0.2, -0.15) is 0 Å². The molecule has 3 heteroatoms. The monoisotopic (exact) mass is 255 g/mol. The van der Waals surface area contributed by atoms with Gasteiger partial charge in [-0.05, 0) is 48.4 Å². The van der Waals surface area contributed by atoms with E-state index < -0.39 is 0 Å². The number of thiophene rings is 1. The SMILES string of the molecule is CCN[C@H](C)Cc1ccc2sccc2c1.Cl. The molecule has 0 fully saturated rings. The summed E-state index contributed by atoms with van der Waals surface area (Å²) in [7, 11) is 0. The fourth-order valence-corrected chi connectivity index (χ4v) is 2.69. The standard InChI is InChI=1S/C13H17NS.ClH/c1-3-14-10(2)8-11-4-5-13-12(9-11)6-7-15-13;/h4-7,9-10,14H,3,8H2,1-2H3;1H/t10-;/m1./s1. The molecule has 0 amide bonds. The maximum Gasteiger partial charge on any atom is 0.0342 e. The Morgan fingerprint density at radius 2 is 2.12 bits per heavy atom. The third-order valence-electron chi connectivity index (χ3n) is 2.61. The highest BCUT2D eigenvalue weighted by Gasteiger charge is 2.02. The van der Waals surface area contributed by atoms with E-state index in [1.165, 1.54) is 15.6 Å². The summed E-state index contributed by atoms with van der Waals surface area (Å²) in [5.74, 6) is 0. The van der Waals surface area contributed by atoms with E-state index in [2.05, 4.69) is 48.8 Å². The molecule has 0 saturated heterocycles. The largest absolute Gasteiger partial charge is 0.314 e. The van der Waals surface area contributed by atoms with Crippen LogP contribution in [0, 0.1) is 0 Å². The van der Waals surface area contributed by atoms with Gasteiger partial charge in [-0.1, -0.05) is 19.1 Å². The molecular weight excluding hydrogens is 238 g/mol. The smallest absolute Gasteiger partial charge is 0.0342 e. The van der Waals surface area contributed by atoms with Crippen molar-refractivity contribution in [1.29, 1.82) is 0 Å². The second-order valence-electron chi connectivity index (χ2n) is 3.96. The van der Waals surface area contributed by atoms with Crippen LogP contribution in [0.15, 0.2) is 29.6 Å². The van der Waals surface area contributed by atoms with Crippen LogP contribution in [-0.2, 0) is 6.42 Å². The molecule has 1 nitrogen and oxygen atoms in total. The minimum Gasteiger partial charge on any atom is -0.314 e. The minimum absolute atomic E-state index is 0. The molecule has 16 heavy (non-hydrogen) atoms. The Morgan fingerprint density at radius 1 is 1.31 bits per heavy atom. The van der Waals surface area contributed by atoms with Crippen molar-refractivity contribution in [3.05, 3.63) is 35.2 Å². The summed E-state index contributed by atoms with van der Waals surface area (Å²) < 4.78 is 1.38. The second kappa shape index (κ2) is 6.24. The predicted octanol–water partition coefficient (Wildman–Crippen LogP) is 3.86. The van der Waals surface area contributed by atoms with Crippen LogP contribution in [0.2, 0.25) is 0 Å². The Kier molecular flexibility index (Phi) is 5.26. The van der Waals surface area contributed by atoms with Gasteiger partial charge in [0.15, 0.2) is 0 Å². The third kappa shape index (κ3) is 3.21. The van der Waals surface area contributed by atoms with Crippen LogP contribution < -0.4 is 5.32 Å². The van der Waals surface area contributed by atoms with Gasteiger partial charge in [0.1, 0.15) is 0 Å². The highest BCUT2D eigenvalue weighted by Crippen LogP contribution is 2.22. The number of halogens is 1. The fraction of sp³-hybridized carbons (Fsp3) is 0.385. The van der Waals surface area contributed by atoms with Crippen LogP contribution in [0.3, 0.4) is 0 Å². The molecule has 0 aliphatic rings. The van der Waals surface area contributed by atoms with E-state index in [0.717, 1.165) is 13.0 Å². The molecule has 0 radical (unpaired) electrons. The van der Waals surface area contributed by atoms with Gasteiger partial charge in [0, 0.05) is 10.7 Å². The zero-order valence-electron chi connectivity index (χ0n) is 9.69. The van der Waals surface area contributed by atoms with Gasteiger partial charge in [0.05, 0.1) is 0 Å². The van der Waals surface area contributed by atoms with Gasteiger partial charge in [0.2, 0.25) is 0 Å². The molecule has 0 saturated carbocycles. The molecule has 0 unspecified atom stereocenters. The van der Waals surface area contributed by atoms with Gasteiger partial charge < -0.3 is 5.32 Å². The zero-order chi connectivity index (χ0) is 10.7. The maximum atomic E-state index is 3.44. The van der Waals surface area contributed by atoms with Crippen LogP contribution in [0.5, 0.6) is 0 Å². The lowest BCUT2D eigenvalue weighted by Gasteiger charge is -2.11. The van der Waals surface area contributed by atoms with Crippen LogP contribution in [0.25, 0.3) is 10.1 Å². The fourth-order valence-electron chi connectivity index (χ4n) is 1.92. The molecule has 0 bridgehead atoms. The highest BCUT2D eigenvalue weighted by molar-refractivity contribution is 7.17. The summed E-state index contributed by atoms with van der Waals surface area (Å²) in [5, 5.41) is 6.97. The van der Waals surface area contributed by atoms with Crippen LogP contribution in [0.1, 0.15) is 19.4 Å². The summed E-state index contributed by atoms with van der Waals surface area (Å²) in [5.41, 5.74) is 1.43. The minimum atomic E-state index is 0. The van der Waals surface area contributed by atoms with E-state index in [1.807, 2.05) is 11.3 Å². The zero-order valence-corrected chi connectivity index (χ0v) is 11.3. The summed E-state index contributed by atoms with van der Waals surface area (Å²) in [6, 6.07) is 9.54. The number of nitrogens with one attached hydrogen (secondary N) is 1. The number of hydrogen-bond donors (Lipinski definition) is 1. The van der Waals surface area contributed by atoms with Crippen molar-refractivity contribution in [2.75, 3.05) is 6.54 Å². The van der Waals surface area contributed by atoms with E-state index in [1.54, 1.807) is 0 Å². The van der Waals surface area contributed by atoms with Crippen molar-refractivity contribution in [2.24, 2.45) is 0 Å². The molecule has 1 aromatic heterocycles. The van der Waals surface area contributed by atoms with E-state index in [4.69, 9.17) is 0 Å². The van der Waals surface area contributed by atoms with Crippen molar-refractivity contribution in [3.8, 4) is 0 Å². The highest BCUT2D eigenvalue weighted by atomic mass is 35.5. The number of rotatable bonds is 4. The first-order valence-corrected chi connectivity index (χ1v) is 6.37. The first kappa shape index (κ1) is 13.5. The lowest BCUT2D eigenvalue weighted by molar-refractivity contribution is 0.565. The van der Waals surface area contributed by atoms with Crippen molar-refractivity contribution < 1.29 is 0 Å². The number of likely N-dealkylation sites (N-methyl/N-ethyl adjacent to an activating group) is 1. The second-order valence-corrected chi connectivity index (χ2v) is 4.90. The summed E-state index contributed by atoms with van der Waals surface area (Å²) in [6.45, 7) is 5.43. The van der Waals surface area contributed by atoms with Gasteiger partial charge in [-0.25, -0.2) is 0 Å². The Hall–Kier alpha value is -0.570. The number of hydrogen-bond acceptors (Lipinski definition) is 2. The Balaban J connectivity index is 0.00000128. The van der Waals surface area contributed by atoms with E-state index >= 15 is 0 Å². The van der Waals surface area contributed by atoms with Crippen molar-refractivity contribution in [3.63, 3.8) is 0 Å². The first-order valence-electron chi connectivity index (χ1n) is 5.49. The summed E-state index contributed by atoms with van der Waals surface area (Å²) >= 11 is 1.81. The summed E-state index contributed by atoms with van der Waals surface area (Å²) in [4.78, 5) is 0. The van der Waals surface area contributed by atoms with Gasteiger partial charge >= 0.3 is 0 Å². The van der Waals surface area contributed by atoms with Crippen molar-refractivity contribution in [1.82, 2.24) is 5.32 Å². The molecule has 0 aliphatic carbocycles. The van der Waals surface area contributed by atoms with Crippen LogP contribution >= 0.6 is 23.7 Å². The average Bonchev–Trinajstić information content (AvgIpc) is 2.65. The molecule has 1 aromatic carbocycles. The molecule has 88 valence electrons. The molecular formula is C13H18ClNS. The van der Waals surface area contributed by atoms with Crippen LogP contribution in [-0.4, -0.2) is 12.6 Å². The molecule has 1 N–H and O–H groups in total. The van der Waals surface area contributed by atoms with Crippen LogP contribution in [0.4, 0.5) is 0 Å². The van der Waals surface area contributed by atoms with Gasteiger partial charge in [-0.3, -0.25) is 0 Å². The van der Waals surface area contributed by atoms with E-state index in [0.29, 0.717) is 6.04 Å². The number of benzene rings is 1. The topological polar surface area (TPSA) is 12.0 Å². The molecule has 2 rings (SSSR count). The van der Waals surface area contributed by atoms with Crippen molar-refractivity contribution >= 4 is 33.8 Å². The lowest BCUT2D eigenvalue weighted by Crippen LogP contribution is -2.27. The molecule has 1 heterocycles. The van der Waals surface area contributed by atoms with E-state index in [-0.39, 0.29) is 12.4 Å².